The second-order valence-electron chi connectivity index (χ2n) is 6.29. The van der Waals surface area contributed by atoms with Crippen LogP contribution in [0.4, 0.5) is 5.69 Å². The van der Waals surface area contributed by atoms with E-state index in [4.69, 9.17) is 4.74 Å². The SMILES string of the molecule is CCOC(=O)c1ccc(NC(=O)[C@H]2CC(C)=C(C)C[C@@H]2C(=O)[O-])cc1. The van der Waals surface area contributed by atoms with Crippen LogP contribution < -0.4 is 10.4 Å². The highest BCUT2D eigenvalue weighted by Gasteiger charge is 2.33. The second kappa shape index (κ2) is 7.96. The molecular formula is C19H22NO5-. The van der Waals surface area contributed by atoms with Gasteiger partial charge in [-0.05, 0) is 57.9 Å². The van der Waals surface area contributed by atoms with Crippen LogP contribution in [-0.4, -0.2) is 24.5 Å². The van der Waals surface area contributed by atoms with Gasteiger partial charge < -0.3 is 20.0 Å². The van der Waals surface area contributed by atoms with E-state index in [1.165, 1.54) is 0 Å². The van der Waals surface area contributed by atoms with Gasteiger partial charge in [0.2, 0.25) is 5.91 Å². The highest BCUT2D eigenvalue weighted by molar-refractivity contribution is 5.96. The Balaban J connectivity index is 2.10. The number of carbonyl (C=O) groups is 3. The molecule has 0 aromatic heterocycles. The Hall–Kier alpha value is -2.63. The number of rotatable bonds is 5. The molecule has 25 heavy (non-hydrogen) atoms. The van der Waals surface area contributed by atoms with Gasteiger partial charge in [-0.15, -0.1) is 0 Å². The number of carbonyl (C=O) groups excluding carboxylic acids is 3. The molecule has 0 saturated heterocycles. The lowest BCUT2D eigenvalue weighted by atomic mass is 9.76. The van der Waals surface area contributed by atoms with E-state index in [9.17, 15) is 19.5 Å². The summed E-state index contributed by atoms with van der Waals surface area (Å²) in [6, 6.07) is 6.30. The van der Waals surface area contributed by atoms with Gasteiger partial charge in [-0.2, -0.15) is 0 Å². The van der Waals surface area contributed by atoms with Gasteiger partial charge in [-0.1, -0.05) is 11.1 Å². The molecule has 0 aliphatic heterocycles. The average Bonchev–Trinajstić information content (AvgIpc) is 2.57. The van der Waals surface area contributed by atoms with Gasteiger partial charge in [0.15, 0.2) is 0 Å². The lowest BCUT2D eigenvalue weighted by Gasteiger charge is -2.32. The number of carboxylic acid groups (broad SMARTS) is 1. The molecule has 2 atom stereocenters. The number of ether oxygens (including phenoxy) is 1. The average molecular weight is 344 g/mol. The van der Waals surface area contributed by atoms with E-state index in [1.54, 1.807) is 31.2 Å². The van der Waals surface area contributed by atoms with Crippen molar-refractivity contribution < 1.29 is 24.2 Å². The molecule has 0 unspecified atom stereocenters. The second-order valence-corrected chi connectivity index (χ2v) is 6.29. The summed E-state index contributed by atoms with van der Waals surface area (Å²) in [6.45, 7) is 5.81. The van der Waals surface area contributed by atoms with Crippen molar-refractivity contribution in [1.82, 2.24) is 0 Å². The topological polar surface area (TPSA) is 95.5 Å². The lowest BCUT2D eigenvalue weighted by Crippen LogP contribution is -2.42. The number of benzene rings is 1. The van der Waals surface area contributed by atoms with Crippen molar-refractivity contribution in [3.63, 3.8) is 0 Å². The molecule has 1 aromatic carbocycles. The molecule has 0 saturated carbocycles. The monoisotopic (exact) mass is 344 g/mol. The van der Waals surface area contributed by atoms with E-state index in [0.29, 0.717) is 24.1 Å². The maximum Gasteiger partial charge on any atom is 0.338 e. The van der Waals surface area contributed by atoms with Gasteiger partial charge in [-0.3, -0.25) is 4.79 Å². The Kier molecular flexibility index (Phi) is 5.96. The van der Waals surface area contributed by atoms with Gasteiger partial charge in [0, 0.05) is 17.6 Å². The number of allylic oxidation sites excluding steroid dienone is 2. The normalized spacial score (nSPS) is 20.1. The number of nitrogens with one attached hydrogen (secondary N) is 1. The molecule has 134 valence electrons. The van der Waals surface area contributed by atoms with Gasteiger partial charge in [0.1, 0.15) is 0 Å². The van der Waals surface area contributed by atoms with Crippen LogP contribution in [0.1, 0.15) is 44.0 Å². The Bertz CT molecular complexity index is 705. The van der Waals surface area contributed by atoms with Crippen molar-refractivity contribution in [1.29, 1.82) is 0 Å². The standard InChI is InChI=1S/C19H23NO5/c1-4-25-19(24)13-5-7-14(8-6-13)20-17(21)15-9-11(2)12(3)10-16(15)18(22)23/h5-8,15-16H,4,9-10H2,1-3H3,(H,20,21)(H,22,23)/p-1/t15-,16-/m0/s1. The van der Waals surface area contributed by atoms with E-state index < -0.39 is 23.8 Å². The van der Waals surface area contributed by atoms with Crippen LogP contribution in [0.3, 0.4) is 0 Å². The Labute approximate surface area is 146 Å². The molecule has 0 fully saturated rings. The van der Waals surface area contributed by atoms with Crippen molar-refractivity contribution in [2.24, 2.45) is 11.8 Å². The van der Waals surface area contributed by atoms with E-state index in [1.807, 2.05) is 13.8 Å². The first-order valence-electron chi connectivity index (χ1n) is 8.27. The molecule has 6 nitrogen and oxygen atoms in total. The third-order valence-corrected chi connectivity index (χ3v) is 4.57. The van der Waals surface area contributed by atoms with Crippen LogP contribution in [-0.2, 0) is 14.3 Å². The van der Waals surface area contributed by atoms with Crippen LogP contribution in [0.5, 0.6) is 0 Å². The summed E-state index contributed by atoms with van der Waals surface area (Å²) < 4.78 is 4.90. The summed E-state index contributed by atoms with van der Waals surface area (Å²) in [4.78, 5) is 35.6. The zero-order valence-electron chi connectivity index (χ0n) is 14.6. The number of hydrogen-bond donors (Lipinski definition) is 1. The quantitative estimate of drug-likeness (QED) is 0.650. The number of aliphatic carboxylic acids is 1. The summed E-state index contributed by atoms with van der Waals surface area (Å²) in [5, 5.41) is 14.1. The minimum absolute atomic E-state index is 0.288. The predicted molar refractivity (Wildman–Crippen MR) is 90.6 cm³/mol. The van der Waals surface area contributed by atoms with Crippen LogP contribution in [0.25, 0.3) is 0 Å². The third kappa shape index (κ3) is 4.47. The summed E-state index contributed by atoms with van der Waals surface area (Å²) in [5.41, 5.74) is 2.92. The molecule has 0 heterocycles. The molecule has 0 radical (unpaired) electrons. The van der Waals surface area contributed by atoms with Crippen molar-refractivity contribution in [2.75, 3.05) is 11.9 Å². The Morgan fingerprint density at radius 1 is 1.08 bits per heavy atom. The van der Waals surface area contributed by atoms with E-state index in [2.05, 4.69) is 5.32 Å². The molecule has 1 N–H and O–H groups in total. The fourth-order valence-corrected chi connectivity index (χ4v) is 2.95. The molecule has 1 aliphatic carbocycles. The molecular weight excluding hydrogens is 322 g/mol. The zero-order chi connectivity index (χ0) is 18.6. The van der Waals surface area contributed by atoms with E-state index in [-0.39, 0.29) is 12.5 Å². The number of esters is 1. The van der Waals surface area contributed by atoms with E-state index >= 15 is 0 Å². The summed E-state index contributed by atoms with van der Waals surface area (Å²) in [6.07, 6.45) is 0.727. The Morgan fingerprint density at radius 2 is 1.64 bits per heavy atom. The highest BCUT2D eigenvalue weighted by atomic mass is 16.5. The van der Waals surface area contributed by atoms with Crippen LogP contribution in [0.2, 0.25) is 0 Å². The highest BCUT2D eigenvalue weighted by Crippen LogP contribution is 2.34. The number of carboxylic acids is 1. The van der Waals surface area contributed by atoms with Gasteiger partial charge in [0.25, 0.3) is 0 Å². The summed E-state index contributed by atoms with van der Waals surface area (Å²) >= 11 is 0. The maximum absolute atomic E-state index is 12.5. The zero-order valence-corrected chi connectivity index (χ0v) is 14.6. The number of anilines is 1. The van der Waals surface area contributed by atoms with Crippen LogP contribution in [0, 0.1) is 11.8 Å². The fraction of sp³-hybridized carbons (Fsp3) is 0.421. The molecule has 0 bridgehead atoms. The molecule has 6 heteroatoms. The van der Waals surface area contributed by atoms with Crippen molar-refractivity contribution in [3.05, 3.63) is 41.0 Å². The van der Waals surface area contributed by atoms with Crippen LogP contribution in [0.15, 0.2) is 35.4 Å². The van der Waals surface area contributed by atoms with Crippen molar-refractivity contribution >= 4 is 23.5 Å². The number of amides is 1. The first-order valence-corrected chi connectivity index (χ1v) is 8.27. The summed E-state index contributed by atoms with van der Waals surface area (Å²) in [5.74, 6) is -3.49. The smallest absolute Gasteiger partial charge is 0.338 e. The first-order chi connectivity index (χ1) is 11.8. The van der Waals surface area contributed by atoms with Crippen LogP contribution >= 0.6 is 0 Å². The Morgan fingerprint density at radius 3 is 2.16 bits per heavy atom. The predicted octanol–water partition coefficient (Wildman–Crippen LogP) is 1.91. The minimum Gasteiger partial charge on any atom is -0.550 e. The van der Waals surface area contributed by atoms with Crippen molar-refractivity contribution in [3.8, 4) is 0 Å². The fourth-order valence-electron chi connectivity index (χ4n) is 2.95. The number of hydrogen-bond acceptors (Lipinski definition) is 5. The largest absolute Gasteiger partial charge is 0.550 e. The first kappa shape index (κ1) is 18.7. The molecule has 1 amide bonds. The van der Waals surface area contributed by atoms with Crippen molar-refractivity contribution in [2.45, 2.75) is 33.6 Å². The third-order valence-electron chi connectivity index (χ3n) is 4.57. The molecule has 1 aromatic rings. The van der Waals surface area contributed by atoms with Gasteiger partial charge in [-0.25, -0.2) is 4.79 Å². The van der Waals surface area contributed by atoms with E-state index in [0.717, 1.165) is 11.1 Å². The maximum atomic E-state index is 12.5. The molecule has 2 rings (SSSR count). The molecule has 0 spiro atoms. The minimum atomic E-state index is -1.20. The summed E-state index contributed by atoms with van der Waals surface area (Å²) in [7, 11) is 0. The lowest BCUT2D eigenvalue weighted by molar-refractivity contribution is -0.313. The van der Waals surface area contributed by atoms with Gasteiger partial charge >= 0.3 is 5.97 Å². The molecule has 1 aliphatic rings. The van der Waals surface area contributed by atoms with Gasteiger partial charge in [0.05, 0.1) is 18.1 Å².